The number of nitrogens with zero attached hydrogens (tertiary/aromatic N) is 5. The second-order valence-corrected chi connectivity index (χ2v) is 10.6. The van der Waals surface area contributed by atoms with Crippen LogP contribution in [-0.4, -0.2) is 84.4 Å². The number of methoxy groups -OCH3 is 2. The van der Waals surface area contributed by atoms with E-state index in [1.165, 1.54) is 4.90 Å². The second kappa shape index (κ2) is 12.4. The molecular formula is C30H38N6O4. The normalized spacial score (nSPS) is 16.6. The number of urea groups is 1. The molecule has 0 bridgehead atoms. The van der Waals surface area contributed by atoms with Gasteiger partial charge in [-0.25, -0.2) is 4.79 Å². The Balaban J connectivity index is 1.08. The highest BCUT2D eigenvalue weighted by molar-refractivity contribution is 5.89. The molecular weight excluding hydrogens is 508 g/mol. The Bertz CT molecular complexity index is 1300. The third-order valence-electron chi connectivity index (χ3n) is 8.28. The largest absolute Gasteiger partial charge is 0.493 e. The fraction of sp³-hybridized carbons (Fsp3) is 0.467. The summed E-state index contributed by atoms with van der Waals surface area (Å²) in [6.45, 7) is 3.02. The second-order valence-electron chi connectivity index (χ2n) is 10.6. The molecule has 10 nitrogen and oxygen atoms in total. The lowest BCUT2D eigenvalue weighted by Gasteiger charge is -2.40. The maximum atomic E-state index is 13.2. The molecule has 0 atom stereocenters. The SMILES string of the molecule is COc1ccc(CC(=O)N2CCC(C3CCN(C(=O)N(C)c4n[nH]c(-c5ccccc5)n4)CC3)CC2)cc1OC. The zero-order valence-electron chi connectivity index (χ0n) is 23.5. The Morgan fingerprint density at radius 2 is 1.52 bits per heavy atom. The number of amides is 3. The molecule has 0 unspecified atom stereocenters. The van der Waals surface area contributed by atoms with Gasteiger partial charge >= 0.3 is 6.03 Å². The molecule has 3 heterocycles. The average molecular weight is 547 g/mol. The first kappa shape index (κ1) is 27.5. The average Bonchev–Trinajstić information content (AvgIpc) is 3.51. The molecule has 2 fully saturated rings. The number of likely N-dealkylation sites (tertiary alicyclic amines) is 2. The smallest absolute Gasteiger partial charge is 0.326 e. The highest BCUT2D eigenvalue weighted by Crippen LogP contribution is 2.33. The molecule has 10 heteroatoms. The summed E-state index contributed by atoms with van der Waals surface area (Å²) >= 11 is 0. The number of rotatable bonds is 7. The minimum Gasteiger partial charge on any atom is -0.493 e. The van der Waals surface area contributed by atoms with Gasteiger partial charge in [0.1, 0.15) is 0 Å². The minimum atomic E-state index is -0.0763. The number of ether oxygens (including phenoxy) is 2. The van der Waals surface area contributed by atoms with Crippen LogP contribution >= 0.6 is 0 Å². The van der Waals surface area contributed by atoms with Gasteiger partial charge in [-0.1, -0.05) is 36.4 Å². The van der Waals surface area contributed by atoms with Crippen LogP contribution < -0.4 is 14.4 Å². The summed E-state index contributed by atoms with van der Waals surface area (Å²) in [6.07, 6.45) is 4.34. The van der Waals surface area contributed by atoms with E-state index < -0.39 is 0 Å². The highest BCUT2D eigenvalue weighted by Gasteiger charge is 2.33. The van der Waals surface area contributed by atoms with E-state index >= 15 is 0 Å². The van der Waals surface area contributed by atoms with Crippen molar-refractivity contribution in [3.8, 4) is 22.9 Å². The molecule has 0 aliphatic carbocycles. The quantitative estimate of drug-likeness (QED) is 0.476. The van der Waals surface area contributed by atoms with Gasteiger partial charge in [-0.3, -0.25) is 14.8 Å². The van der Waals surface area contributed by atoms with Crippen LogP contribution in [0.5, 0.6) is 11.5 Å². The van der Waals surface area contributed by atoms with Gasteiger partial charge in [-0.15, -0.1) is 5.10 Å². The van der Waals surface area contributed by atoms with Crippen molar-refractivity contribution in [3.63, 3.8) is 0 Å². The first-order valence-electron chi connectivity index (χ1n) is 14.0. The van der Waals surface area contributed by atoms with Crippen molar-refractivity contribution in [2.45, 2.75) is 32.1 Å². The number of aromatic amines is 1. The van der Waals surface area contributed by atoms with Crippen LogP contribution in [0.1, 0.15) is 31.2 Å². The van der Waals surface area contributed by atoms with E-state index in [1.807, 2.05) is 58.3 Å². The first-order valence-corrected chi connectivity index (χ1v) is 14.0. The molecule has 3 amide bonds. The van der Waals surface area contributed by atoms with Crippen LogP contribution in [0.2, 0.25) is 0 Å². The number of carbonyl (C=O) groups is 2. The van der Waals surface area contributed by atoms with Gasteiger partial charge in [0.25, 0.3) is 5.95 Å². The van der Waals surface area contributed by atoms with E-state index in [-0.39, 0.29) is 11.9 Å². The summed E-state index contributed by atoms with van der Waals surface area (Å²) in [6, 6.07) is 15.3. The molecule has 1 aromatic heterocycles. The molecule has 0 saturated carbocycles. The molecule has 212 valence electrons. The zero-order valence-corrected chi connectivity index (χ0v) is 23.5. The van der Waals surface area contributed by atoms with Crippen molar-refractivity contribution in [1.29, 1.82) is 0 Å². The van der Waals surface area contributed by atoms with Gasteiger partial charge in [0.2, 0.25) is 5.91 Å². The van der Waals surface area contributed by atoms with E-state index in [1.54, 1.807) is 21.3 Å². The van der Waals surface area contributed by atoms with Gasteiger partial charge in [0.15, 0.2) is 17.3 Å². The monoisotopic (exact) mass is 546 g/mol. The number of aromatic nitrogens is 3. The first-order chi connectivity index (χ1) is 19.5. The Morgan fingerprint density at radius 3 is 2.15 bits per heavy atom. The Labute approximate surface area is 235 Å². The molecule has 0 spiro atoms. The van der Waals surface area contributed by atoms with E-state index in [2.05, 4.69) is 15.2 Å². The molecule has 40 heavy (non-hydrogen) atoms. The predicted octanol–water partition coefficient (Wildman–Crippen LogP) is 4.24. The Morgan fingerprint density at radius 1 is 0.900 bits per heavy atom. The van der Waals surface area contributed by atoms with E-state index in [0.29, 0.717) is 41.5 Å². The fourth-order valence-corrected chi connectivity index (χ4v) is 5.89. The van der Waals surface area contributed by atoms with Crippen LogP contribution in [0, 0.1) is 11.8 Å². The van der Waals surface area contributed by atoms with Crippen LogP contribution in [0.4, 0.5) is 10.7 Å². The maximum Gasteiger partial charge on any atom is 0.326 e. The number of H-pyrrole nitrogens is 1. The standard InChI is InChI=1S/C30H38N6O4/c1-34(29-31-28(32-33-29)24-7-5-4-6-8-24)30(38)36-17-13-23(14-18-36)22-11-15-35(16-12-22)27(37)20-21-9-10-25(39-2)26(19-21)40-3/h4-10,19,22-23H,11-18,20H2,1-3H3,(H,31,32,33). The summed E-state index contributed by atoms with van der Waals surface area (Å²) in [5.41, 5.74) is 1.85. The third kappa shape index (κ3) is 6.05. The summed E-state index contributed by atoms with van der Waals surface area (Å²) in [7, 11) is 4.93. The number of carbonyl (C=O) groups excluding carboxylic acids is 2. The lowest BCUT2D eigenvalue weighted by Crippen LogP contribution is -2.47. The van der Waals surface area contributed by atoms with Crippen LogP contribution in [0.15, 0.2) is 48.5 Å². The summed E-state index contributed by atoms with van der Waals surface area (Å²) < 4.78 is 10.7. The lowest BCUT2D eigenvalue weighted by atomic mass is 9.79. The van der Waals surface area contributed by atoms with E-state index in [9.17, 15) is 9.59 Å². The van der Waals surface area contributed by atoms with Gasteiger partial charge in [-0.2, -0.15) is 4.98 Å². The Hall–Kier alpha value is -4.08. The van der Waals surface area contributed by atoms with E-state index in [4.69, 9.17) is 9.47 Å². The van der Waals surface area contributed by atoms with Crippen molar-refractivity contribution < 1.29 is 19.1 Å². The number of anilines is 1. The van der Waals surface area contributed by atoms with Crippen molar-refractivity contribution in [3.05, 3.63) is 54.1 Å². The molecule has 5 rings (SSSR count). The lowest BCUT2D eigenvalue weighted by molar-refractivity contribution is -0.132. The number of hydrogen-bond acceptors (Lipinski definition) is 6. The zero-order chi connectivity index (χ0) is 28.1. The predicted molar refractivity (Wildman–Crippen MR) is 152 cm³/mol. The van der Waals surface area contributed by atoms with Crippen molar-refractivity contribution in [2.75, 3.05) is 52.3 Å². The van der Waals surface area contributed by atoms with Gasteiger partial charge < -0.3 is 19.3 Å². The molecule has 0 radical (unpaired) electrons. The van der Waals surface area contributed by atoms with E-state index in [0.717, 1.165) is 63.0 Å². The minimum absolute atomic E-state index is 0.0763. The number of hydrogen-bond donors (Lipinski definition) is 1. The molecule has 2 aliphatic rings. The van der Waals surface area contributed by atoms with Crippen molar-refractivity contribution in [2.24, 2.45) is 11.8 Å². The van der Waals surface area contributed by atoms with Crippen LogP contribution in [0.25, 0.3) is 11.4 Å². The third-order valence-corrected chi connectivity index (χ3v) is 8.28. The number of nitrogens with one attached hydrogen (secondary N) is 1. The summed E-state index contributed by atoms with van der Waals surface area (Å²) in [5.74, 6) is 3.62. The maximum absolute atomic E-state index is 13.2. The number of piperidine rings is 2. The summed E-state index contributed by atoms with van der Waals surface area (Å²) in [5, 5.41) is 7.19. The van der Waals surface area contributed by atoms with Crippen molar-refractivity contribution in [1.82, 2.24) is 25.0 Å². The van der Waals surface area contributed by atoms with Crippen LogP contribution in [-0.2, 0) is 11.2 Å². The topological polar surface area (TPSA) is 104 Å². The van der Waals surface area contributed by atoms with Crippen LogP contribution in [0.3, 0.4) is 0 Å². The number of benzene rings is 2. The van der Waals surface area contributed by atoms with Gasteiger partial charge in [-0.05, 0) is 55.2 Å². The fourth-order valence-electron chi connectivity index (χ4n) is 5.89. The molecule has 2 aliphatic heterocycles. The molecule has 2 aromatic carbocycles. The van der Waals surface area contributed by atoms with Gasteiger partial charge in [0, 0.05) is 38.8 Å². The summed E-state index contributed by atoms with van der Waals surface area (Å²) in [4.78, 5) is 36.1. The molecule has 2 saturated heterocycles. The van der Waals surface area contributed by atoms with Crippen molar-refractivity contribution >= 4 is 17.9 Å². The molecule has 3 aromatic rings. The van der Waals surface area contributed by atoms with Gasteiger partial charge in [0.05, 0.1) is 20.6 Å². The highest BCUT2D eigenvalue weighted by atomic mass is 16.5. The molecule has 1 N–H and O–H groups in total. The Kier molecular flexibility index (Phi) is 8.52.